The number of rotatable bonds is 8. The molecule has 1 aliphatic carbocycles. The molecule has 8 nitrogen and oxygen atoms in total. The lowest BCUT2D eigenvalue weighted by Gasteiger charge is -2.47. The Morgan fingerprint density at radius 3 is 2.66 bits per heavy atom. The first-order valence-electron chi connectivity index (χ1n) is 13.1. The quantitative estimate of drug-likeness (QED) is 0.366. The third-order valence-electron chi connectivity index (χ3n) is 8.43. The van der Waals surface area contributed by atoms with Gasteiger partial charge in [0.2, 0.25) is 12.2 Å². The zero-order valence-corrected chi connectivity index (χ0v) is 21.7. The third-order valence-corrected chi connectivity index (χ3v) is 8.43. The lowest BCUT2D eigenvalue weighted by Crippen LogP contribution is -2.64. The Hall–Kier alpha value is -3.91. The number of imidazole rings is 1. The number of hydrogen-bond donors (Lipinski definition) is 1. The number of ether oxygens (including phenoxy) is 1. The number of carboxylic acid groups (broad SMARTS) is 1. The summed E-state index contributed by atoms with van der Waals surface area (Å²) in [7, 11) is 2.01. The van der Waals surface area contributed by atoms with Crippen LogP contribution in [-0.4, -0.2) is 45.2 Å². The van der Waals surface area contributed by atoms with Crippen LogP contribution in [0.15, 0.2) is 72.5 Å². The van der Waals surface area contributed by atoms with Crippen molar-refractivity contribution in [2.75, 3.05) is 6.61 Å². The minimum absolute atomic E-state index is 0.0282. The molecule has 196 valence electrons. The fraction of sp³-hybridized carbons (Fsp3) is 0.367. The maximum absolute atomic E-state index is 12.7. The Kier molecular flexibility index (Phi) is 5.87. The maximum atomic E-state index is 12.7. The first-order chi connectivity index (χ1) is 18.3. The fourth-order valence-electron chi connectivity index (χ4n) is 6.65. The summed E-state index contributed by atoms with van der Waals surface area (Å²) in [5, 5.41) is 22.2. The molecular weight excluding hydrogens is 482 g/mol. The van der Waals surface area contributed by atoms with Crippen molar-refractivity contribution in [2.45, 2.75) is 44.9 Å². The van der Waals surface area contributed by atoms with Crippen molar-refractivity contribution < 1.29 is 29.1 Å². The molecule has 0 saturated carbocycles. The van der Waals surface area contributed by atoms with Gasteiger partial charge in [-0.15, -0.1) is 0 Å². The van der Waals surface area contributed by atoms with Crippen molar-refractivity contribution >= 4 is 11.9 Å². The highest BCUT2D eigenvalue weighted by molar-refractivity contribution is 5.99. The van der Waals surface area contributed by atoms with E-state index in [0.29, 0.717) is 11.3 Å². The first kappa shape index (κ1) is 24.4. The predicted molar refractivity (Wildman–Crippen MR) is 136 cm³/mol. The number of nitrogens with zero attached hydrogens (tertiary/aromatic N) is 3. The summed E-state index contributed by atoms with van der Waals surface area (Å²) in [6.07, 6.45) is 6.25. The SMILES string of the molecule is CC(O)C1C(=O)N2C(C(=O)[O-])=C(COc3cccc4c3-c3ccccc3C4CCn3cc[n+](C)c3)[C@H](C)C12. The second-order valence-electron chi connectivity index (χ2n) is 10.7. The number of hydrogen-bond acceptors (Lipinski definition) is 5. The molecule has 2 aromatic carbocycles. The molecule has 3 heterocycles. The number of aliphatic hydroxyl groups is 1. The number of carbonyl (C=O) groups excluding carboxylic acids is 2. The highest BCUT2D eigenvalue weighted by atomic mass is 16.5. The van der Waals surface area contributed by atoms with Gasteiger partial charge in [0.05, 0.1) is 43.3 Å². The number of aromatic nitrogens is 2. The average molecular weight is 514 g/mol. The number of β-lactam (4-membered cyclic amide) rings is 1. The van der Waals surface area contributed by atoms with Crippen molar-refractivity contribution in [1.29, 1.82) is 0 Å². The zero-order chi connectivity index (χ0) is 26.7. The minimum atomic E-state index is -1.39. The first-order valence-corrected chi connectivity index (χ1v) is 13.1. The van der Waals surface area contributed by atoms with Gasteiger partial charge in [-0.1, -0.05) is 43.3 Å². The van der Waals surface area contributed by atoms with Gasteiger partial charge in [-0.2, -0.15) is 0 Å². The molecule has 38 heavy (non-hydrogen) atoms. The van der Waals surface area contributed by atoms with Crippen LogP contribution < -0.4 is 14.4 Å². The third kappa shape index (κ3) is 3.66. The van der Waals surface area contributed by atoms with E-state index in [1.54, 1.807) is 6.92 Å². The zero-order valence-electron chi connectivity index (χ0n) is 21.7. The molecule has 0 radical (unpaired) electrons. The van der Waals surface area contributed by atoms with Crippen LogP contribution in [0.1, 0.15) is 37.3 Å². The summed E-state index contributed by atoms with van der Waals surface area (Å²) >= 11 is 0. The number of fused-ring (bicyclic) bond motifs is 4. The number of amides is 1. The van der Waals surface area contributed by atoms with Crippen LogP contribution >= 0.6 is 0 Å². The van der Waals surface area contributed by atoms with Gasteiger partial charge in [0, 0.05) is 17.4 Å². The molecular formula is C30H31N3O5. The number of aryl methyl sites for hydroxylation is 2. The minimum Gasteiger partial charge on any atom is -0.543 e. The molecule has 0 spiro atoms. The standard InChI is InChI=1S/C30H31N3O5/c1-17-23(28(30(36)37)33-27(17)25(18(2)34)29(33)35)15-38-24-10-6-9-22-20(11-12-32-14-13-31(3)16-32)19-7-4-5-8-21(19)26(22)24/h4-10,13-14,16-18,20,25,27,34H,11-12,15H2,1-3H3/t17-,18?,20?,25?,27?/m0/s1. The van der Waals surface area contributed by atoms with E-state index in [1.165, 1.54) is 16.0 Å². The number of aliphatic carboxylic acids is 1. The molecule has 2 aliphatic heterocycles. The molecule has 3 aromatic rings. The highest BCUT2D eigenvalue weighted by Crippen LogP contribution is 2.51. The highest BCUT2D eigenvalue weighted by Gasteiger charge is 2.58. The van der Waals surface area contributed by atoms with E-state index in [4.69, 9.17) is 4.74 Å². The van der Waals surface area contributed by atoms with Crippen LogP contribution in [0.3, 0.4) is 0 Å². The Bertz CT molecular complexity index is 1470. The summed E-state index contributed by atoms with van der Waals surface area (Å²) in [4.78, 5) is 26.0. The van der Waals surface area contributed by atoms with Crippen LogP contribution in [0.25, 0.3) is 11.1 Å². The van der Waals surface area contributed by atoms with Crippen LogP contribution in [0.4, 0.5) is 0 Å². The molecule has 5 atom stereocenters. The largest absolute Gasteiger partial charge is 0.543 e. The Labute approximate surface area is 221 Å². The summed E-state index contributed by atoms with van der Waals surface area (Å²) in [5.41, 5.74) is 5.02. The van der Waals surface area contributed by atoms with Crippen LogP contribution in [0, 0.1) is 11.8 Å². The predicted octanol–water partition coefficient (Wildman–Crippen LogP) is 1.76. The summed E-state index contributed by atoms with van der Waals surface area (Å²) in [5.74, 6) is -1.74. The lowest BCUT2D eigenvalue weighted by molar-refractivity contribution is -0.671. The van der Waals surface area contributed by atoms with Gasteiger partial charge in [-0.3, -0.25) is 4.79 Å². The van der Waals surface area contributed by atoms with Gasteiger partial charge in [0.15, 0.2) is 0 Å². The van der Waals surface area contributed by atoms with Crippen LogP contribution in [-0.2, 0) is 23.2 Å². The van der Waals surface area contributed by atoms with E-state index in [9.17, 15) is 19.8 Å². The van der Waals surface area contributed by atoms with E-state index in [-0.39, 0.29) is 30.0 Å². The molecule has 1 fully saturated rings. The number of aliphatic hydroxyl groups excluding tert-OH is 1. The monoisotopic (exact) mass is 513 g/mol. The van der Waals surface area contributed by atoms with Gasteiger partial charge in [0.25, 0.3) is 0 Å². The van der Waals surface area contributed by atoms with Crippen molar-refractivity contribution in [3.63, 3.8) is 0 Å². The number of carbonyl (C=O) groups is 2. The Morgan fingerprint density at radius 1 is 1.18 bits per heavy atom. The normalized spacial score (nSPS) is 24.1. The molecule has 8 heteroatoms. The van der Waals surface area contributed by atoms with E-state index in [0.717, 1.165) is 24.1 Å². The van der Waals surface area contributed by atoms with Gasteiger partial charge in [0.1, 0.15) is 24.8 Å². The smallest absolute Gasteiger partial charge is 0.243 e. The lowest BCUT2D eigenvalue weighted by atomic mass is 9.78. The molecule has 1 saturated heterocycles. The van der Waals surface area contributed by atoms with Gasteiger partial charge in [-0.25, -0.2) is 9.13 Å². The molecule has 6 rings (SSSR count). The molecule has 0 bridgehead atoms. The summed E-state index contributed by atoms with van der Waals surface area (Å²) in [6.45, 7) is 4.35. The average Bonchev–Trinajstić information content (AvgIpc) is 3.52. The van der Waals surface area contributed by atoms with Gasteiger partial charge in [-0.05, 0) is 41.7 Å². The number of benzene rings is 2. The van der Waals surface area contributed by atoms with Crippen molar-refractivity contribution in [3.8, 4) is 16.9 Å². The van der Waals surface area contributed by atoms with E-state index in [1.807, 2.05) is 42.9 Å². The van der Waals surface area contributed by atoms with Crippen LogP contribution in [0.2, 0.25) is 0 Å². The molecule has 3 aliphatic rings. The van der Waals surface area contributed by atoms with Crippen molar-refractivity contribution in [2.24, 2.45) is 18.9 Å². The maximum Gasteiger partial charge on any atom is 0.243 e. The Morgan fingerprint density at radius 2 is 1.95 bits per heavy atom. The van der Waals surface area contributed by atoms with E-state index >= 15 is 0 Å². The van der Waals surface area contributed by atoms with Crippen molar-refractivity contribution in [3.05, 3.63) is 83.6 Å². The molecule has 4 unspecified atom stereocenters. The van der Waals surface area contributed by atoms with E-state index < -0.39 is 24.0 Å². The Balaban J connectivity index is 1.30. The summed E-state index contributed by atoms with van der Waals surface area (Å²) < 4.78 is 10.6. The topological polar surface area (TPSA) is 98.7 Å². The molecule has 1 amide bonds. The van der Waals surface area contributed by atoms with Gasteiger partial charge < -0.3 is 24.6 Å². The second-order valence-corrected chi connectivity index (χ2v) is 10.7. The van der Waals surface area contributed by atoms with Crippen LogP contribution in [0.5, 0.6) is 5.75 Å². The summed E-state index contributed by atoms with van der Waals surface area (Å²) in [6, 6.07) is 14.0. The van der Waals surface area contributed by atoms with E-state index in [2.05, 4.69) is 41.4 Å². The molecule has 1 aromatic heterocycles. The number of carboxylic acids is 1. The molecule has 1 N–H and O–H groups in total. The van der Waals surface area contributed by atoms with Crippen molar-refractivity contribution in [1.82, 2.24) is 9.47 Å². The fourth-order valence-corrected chi connectivity index (χ4v) is 6.65. The van der Waals surface area contributed by atoms with Gasteiger partial charge >= 0.3 is 0 Å². The second kappa shape index (κ2) is 9.13.